The van der Waals surface area contributed by atoms with Crippen LogP contribution in [-0.4, -0.2) is 37.2 Å². The first-order valence-corrected chi connectivity index (χ1v) is 27.3. The lowest BCUT2D eigenvalue weighted by Crippen LogP contribution is -2.30. The Balaban J connectivity index is 4.49. The maximum atomic E-state index is 12.8. The van der Waals surface area contributed by atoms with Gasteiger partial charge in [-0.25, -0.2) is 0 Å². The van der Waals surface area contributed by atoms with E-state index in [0.29, 0.717) is 19.3 Å². The zero-order chi connectivity index (χ0) is 47.9. The molecule has 0 bridgehead atoms. The van der Waals surface area contributed by atoms with Crippen molar-refractivity contribution < 1.29 is 28.6 Å². The molecule has 0 rings (SSSR count). The van der Waals surface area contributed by atoms with Crippen molar-refractivity contribution in [1.82, 2.24) is 0 Å². The number of hydrogen-bond acceptors (Lipinski definition) is 6. The largest absolute Gasteiger partial charge is 0.462 e. The van der Waals surface area contributed by atoms with E-state index in [9.17, 15) is 14.4 Å². The predicted octanol–water partition coefficient (Wildman–Crippen LogP) is 18.1. The van der Waals surface area contributed by atoms with Crippen molar-refractivity contribution in [1.29, 1.82) is 0 Å². The van der Waals surface area contributed by atoms with Gasteiger partial charge in [-0.15, -0.1) is 0 Å². The molecule has 6 nitrogen and oxygen atoms in total. The number of allylic oxidation sites excluding steroid dienone is 16. The summed E-state index contributed by atoms with van der Waals surface area (Å²) in [5.41, 5.74) is 0. The molecule has 376 valence electrons. The van der Waals surface area contributed by atoms with Crippen LogP contribution in [0.25, 0.3) is 0 Å². The van der Waals surface area contributed by atoms with E-state index in [1.54, 1.807) is 0 Å². The third-order valence-electron chi connectivity index (χ3n) is 11.4. The molecule has 66 heavy (non-hydrogen) atoms. The number of carbonyl (C=O) groups is 3. The van der Waals surface area contributed by atoms with Crippen LogP contribution in [0.1, 0.15) is 245 Å². The summed E-state index contributed by atoms with van der Waals surface area (Å²) in [6.07, 6.45) is 70.9. The summed E-state index contributed by atoms with van der Waals surface area (Å²) in [6, 6.07) is 0. The van der Waals surface area contributed by atoms with Crippen LogP contribution in [0.15, 0.2) is 97.2 Å². The number of ether oxygens (including phenoxy) is 3. The van der Waals surface area contributed by atoms with Crippen molar-refractivity contribution in [3.8, 4) is 0 Å². The molecule has 0 radical (unpaired) electrons. The highest BCUT2D eigenvalue weighted by molar-refractivity contribution is 5.71. The lowest BCUT2D eigenvalue weighted by atomic mass is 10.1. The summed E-state index contributed by atoms with van der Waals surface area (Å²) < 4.78 is 16.8. The van der Waals surface area contributed by atoms with Gasteiger partial charge >= 0.3 is 17.9 Å². The van der Waals surface area contributed by atoms with Crippen LogP contribution >= 0.6 is 0 Å². The normalized spacial score (nSPS) is 12.8. The number of rotatable bonds is 48. The fourth-order valence-corrected chi connectivity index (χ4v) is 7.27. The molecule has 0 N–H and O–H groups in total. The molecule has 0 heterocycles. The number of carbonyl (C=O) groups excluding carboxylic acids is 3. The van der Waals surface area contributed by atoms with E-state index in [2.05, 4.69) is 118 Å². The monoisotopic (exact) mass is 917 g/mol. The highest BCUT2D eigenvalue weighted by Crippen LogP contribution is 2.13. The van der Waals surface area contributed by atoms with Crippen LogP contribution in [0.5, 0.6) is 0 Å². The van der Waals surface area contributed by atoms with Gasteiger partial charge in [-0.05, 0) is 96.3 Å². The third kappa shape index (κ3) is 51.3. The number of hydrogen-bond donors (Lipinski definition) is 0. The molecule has 0 saturated heterocycles. The third-order valence-corrected chi connectivity index (χ3v) is 11.4. The first kappa shape index (κ1) is 62.3. The standard InChI is InChI=1S/C60H100O6/c1-4-7-10-13-16-19-22-25-27-29-31-33-35-38-41-44-47-50-53-59(62)65-56-57(55-64-58(61)52-49-46-43-40-37-24-21-18-15-12-9-6-3)66-60(63)54-51-48-45-42-39-36-34-32-30-28-26-23-20-17-14-11-8-5-2/h16,18-19,21-23,25-34,57H,4-15,17,20,24,35-56H2,1-3H3/b19-16-,21-18-,25-22-,26-23-,29-27-,30-28-,33-31-,34-32-. The molecule has 0 saturated carbocycles. The Morgan fingerprint density at radius 2 is 0.561 bits per heavy atom. The minimum absolute atomic E-state index is 0.0992. The molecule has 0 aliphatic carbocycles. The van der Waals surface area contributed by atoms with Gasteiger partial charge in [0.25, 0.3) is 0 Å². The summed E-state index contributed by atoms with van der Waals surface area (Å²) in [6.45, 7) is 6.51. The average molecular weight is 917 g/mol. The Morgan fingerprint density at radius 1 is 0.303 bits per heavy atom. The Bertz CT molecular complexity index is 1330. The van der Waals surface area contributed by atoms with Gasteiger partial charge in [-0.2, -0.15) is 0 Å². The Labute approximate surface area is 407 Å². The Morgan fingerprint density at radius 3 is 0.924 bits per heavy atom. The Hall–Kier alpha value is -3.67. The van der Waals surface area contributed by atoms with E-state index in [-0.39, 0.29) is 31.1 Å². The van der Waals surface area contributed by atoms with Crippen LogP contribution in [0.3, 0.4) is 0 Å². The topological polar surface area (TPSA) is 78.9 Å². The van der Waals surface area contributed by atoms with Crippen LogP contribution in [0.2, 0.25) is 0 Å². The highest BCUT2D eigenvalue weighted by Gasteiger charge is 2.19. The van der Waals surface area contributed by atoms with Crippen molar-refractivity contribution in [2.45, 2.75) is 252 Å². The molecular formula is C60H100O6. The van der Waals surface area contributed by atoms with Crippen LogP contribution in [-0.2, 0) is 28.6 Å². The second kappa shape index (κ2) is 53.9. The molecule has 1 unspecified atom stereocenters. The molecular weight excluding hydrogens is 817 g/mol. The van der Waals surface area contributed by atoms with Crippen LogP contribution in [0.4, 0.5) is 0 Å². The summed E-state index contributed by atoms with van der Waals surface area (Å²) in [4.78, 5) is 38.1. The molecule has 0 aliphatic rings. The number of unbranched alkanes of at least 4 members (excludes halogenated alkanes) is 26. The van der Waals surface area contributed by atoms with Gasteiger partial charge in [0.1, 0.15) is 13.2 Å². The Kier molecular flexibility index (Phi) is 50.9. The molecule has 0 aromatic heterocycles. The van der Waals surface area contributed by atoms with Gasteiger partial charge < -0.3 is 14.2 Å². The highest BCUT2D eigenvalue weighted by atomic mass is 16.6. The first-order chi connectivity index (χ1) is 32.5. The maximum Gasteiger partial charge on any atom is 0.306 e. The average Bonchev–Trinajstić information content (AvgIpc) is 3.31. The molecule has 6 heteroatoms. The smallest absolute Gasteiger partial charge is 0.306 e. The summed E-state index contributed by atoms with van der Waals surface area (Å²) >= 11 is 0. The van der Waals surface area contributed by atoms with Crippen molar-refractivity contribution in [2.24, 2.45) is 0 Å². The fourth-order valence-electron chi connectivity index (χ4n) is 7.27. The molecule has 0 aliphatic heterocycles. The van der Waals surface area contributed by atoms with Gasteiger partial charge in [-0.3, -0.25) is 14.4 Å². The van der Waals surface area contributed by atoms with Gasteiger partial charge in [0.05, 0.1) is 0 Å². The van der Waals surface area contributed by atoms with Crippen LogP contribution in [0, 0.1) is 0 Å². The van der Waals surface area contributed by atoms with Crippen molar-refractivity contribution in [3.63, 3.8) is 0 Å². The number of esters is 3. The second-order valence-electron chi connectivity index (χ2n) is 17.9. The predicted molar refractivity (Wildman–Crippen MR) is 284 cm³/mol. The summed E-state index contributed by atoms with van der Waals surface area (Å²) in [7, 11) is 0. The van der Waals surface area contributed by atoms with Gasteiger partial charge in [0, 0.05) is 19.3 Å². The van der Waals surface area contributed by atoms with Gasteiger partial charge in [-0.1, -0.05) is 227 Å². The molecule has 0 fully saturated rings. The van der Waals surface area contributed by atoms with Crippen LogP contribution < -0.4 is 0 Å². The molecule has 0 aromatic rings. The molecule has 0 spiro atoms. The van der Waals surface area contributed by atoms with E-state index in [1.165, 1.54) is 83.5 Å². The minimum Gasteiger partial charge on any atom is -0.462 e. The molecule has 0 amide bonds. The van der Waals surface area contributed by atoms with Crippen molar-refractivity contribution >= 4 is 17.9 Å². The summed E-state index contributed by atoms with van der Waals surface area (Å²) in [5, 5.41) is 0. The first-order valence-electron chi connectivity index (χ1n) is 27.3. The van der Waals surface area contributed by atoms with E-state index in [4.69, 9.17) is 14.2 Å². The van der Waals surface area contributed by atoms with E-state index in [0.717, 1.165) is 122 Å². The van der Waals surface area contributed by atoms with Gasteiger partial charge in [0.15, 0.2) is 6.10 Å². The van der Waals surface area contributed by atoms with E-state index in [1.807, 2.05) is 0 Å². The van der Waals surface area contributed by atoms with E-state index >= 15 is 0 Å². The van der Waals surface area contributed by atoms with Crippen molar-refractivity contribution in [3.05, 3.63) is 97.2 Å². The minimum atomic E-state index is -0.802. The lowest BCUT2D eigenvalue weighted by molar-refractivity contribution is -0.167. The second-order valence-corrected chi connectivity index (χ2v) is 17.9. The quantitative estimate of drug-likeness (QED) is 0.0199. The zero-order valence-electron chi connectivity index (χ0n) is 42.9. The lowest BCUT2D eigenvalue weighted by Gasteiger charge is -2.18. The SMILES string of the molecule is CCCCC\C=C/C=C\C=C/C=C\CCCCCCCC(=O)OCC(COC(=O)CCCCCCC/C=C\CCCCC)OC(=O)CCCCCCC\C=C/C=C\C=C/CCCCCCC. The maximum absolute atomic E-state index is 12.8. The zero-order valence-corrected chi connectivity index (χ0v) is 42.9. The van der Waals surface area contributed by atoms with Gasteiger partial charge in [0.2, 0.25) is 0 Å². The fraction of sp³-hybridized carbons (Fsp3) is 0.683. The summed E-state index contributed by atoms with van der Waals surface area (Å²) in [5.74, 6) is -0.952. The van der Waals surface area contributed by atoms with Crippen molar-refractivity contribution in [2.75, 3.05) is 13.2 Å². The van der Waals surface area contributed by atoms with E-state index < -0.39 is 6.10 Å². The molecule has 1 atom stereocenters. The molecule has 0 aromatic carbocycles.